The summed E-state index contributed by atoms with van der Waals surface area (Å²) < 4.78 is 79.7. The van der Waals surface area contributed by atoms with Crippen molar-refractivity contribution in [2.24, 2.45) is 0 Å². The molecule has 1 heterocycles. The Hall–Kier alpha value is -3.81. The Balaban J connectivity index is 1.90. The van der Waals surface area contributed by atoms with Crippen molar-refractivity contribution in [1.82, 2.24) is 25.0 Å². The molecule has 39 heavy (non-hydrogen) atoms. The zero-order valence-electron chi connectivity index (χ0n) is 20.2. The minimum atomic E-state index is -4.66. The van der Waals surface area contributed by atoms with E-state index >= 15 is 0 Å². The van der Waals surface area contributed by atoms with E-state index in [1.54, 1.807) is 0 Å². The molecule has 1 aromatic heterocycles. The number of aromatic nitrogens is 3. The van der Waals surface area contributed by atoms with E-state index in [1.165, 1.54) is 37.3 Å². The van der Waals surface area contributed by atoms with Crippen LogP contribution in [0, 0.1) is 0 Å². The second-order valence-electron chi connectivity index (χ2n) is 8.47. The fourth-order valence-corrected chi connectivity index (χ4v) is 3.73. The number of hydrogen-bond donors (Lipinski definition) is 2. The summed E-state index contributed by atoms with van der Waals surface area (Å²) in [5.41, 5.74) is -1.69. The summed E-state index contributed by atoms with van der Waals surface area (Å²) in [5.74, 6) is -1.53. The molecule has 0 radical (unpaired) electrons. The molecule has 0 aliphatic heterocycles. The van der Waals surface area contributed by atoms with Crippen molar-refractivity contribution < 1.29 is 35.9 Å². The Morgan fingerprint density at radius 2 is 1.72 bits per heavy atom. The maximum absolute atomic E-state index is 13.2. The van der Waals surface area contributed by atoms with Crippen LogP contribution in [-0.2, 0) is 28.9 Å². The Labute approximate surface area is 222 Å². The van der Waals surface area contributed by atoms with Gasteiger partial charge in [-0.15, -0.1) is 5.10 Å². The van der Waals surface area contributed by atoms with Gasteiger partial charge in [-0.3, -0.25) is 14.2 Å². The van der Waals surface area contributed by atoms with Gasteiger partial charge in [0.05, 0.1) is 18.0 Å². The van der Waals surface area contributed by atoms with Crippen molar-refractivity contribution in [3.63, 3.8) is 0 Å². The lowest BCUT2D eigenvalue weighted by molar-refractivity contribution is -0.138. The topological polar surface area (TPSA) is 98.0 Å². The van der Waals surface area contributed by atoms with Gasteiger partial charge in [-0.05, 0) is 42.0 Å². The zero-order valence-corrected chi connectivity index (χ0v) is 21.0. The summed E-state index contributed by atoms with van der Waals surface area (Å²) in [5, 5.41) is 9.22. The maximum Gasteiger partial charge on any atom is 0.416 e. The van der Waals surface area contributed by atoms with Crippen LogP contribution in [0.2, 0.25) is 5.02 Å². The first-order chi connectivity index (χ1) is 18.1. The molecule has 0 saturated heterocycles. The Bertz CT molecular complexity index is 1380. The summed E-state index contributed by atoms with van der Waals surface area (Å²) in [4.78, 5) is 37.2. The molecule has 3 rings (SSSR count). The maximum atomic E-state index is 13.2. The minimum absolute atomic E-state index is 0.0248. The molecule has 2 amide bonds. The van der Waals surface area contributed by atoms with Crippen LogP contribution in [0.1, 0.15) is 30.5 Å². The van der Waals surface area contributed by atoms with E-state index in [9.17, 15) is 40.7 Å². The molecule has 1 unspecified atom stereocenters. The summed E-state index contributed by atoms with van der Waals surface area (Å²) in [6, 6.07) is 8.75. The van der Waals surface area contributed by atoms with Gasteiger partial charge in [0.1, 0.15) is 6.54 Å². The third-order valence-electron chi connectivity index (χ3n) is 5.44. The molecule has 0 saturated carbocycles. The molecule has 210 valence electrons. The standard InChI is InChI=1S/C24H22ClF6N5O3/c1-14(37)32-12-19(16-3-2-4-17(11-16)24(29,30)31)33-20(38)13-36-22(39)35(10-9-23(26,27)28)21(34-36)15-5-7-18(25)8-6-15/h2-8,11,19H,9-10,12-13H2,1H3,(H,32,37)(H,33,38). The van der Waals surface area contributed by atoms with Gasteiger partial charge in [0.15, 0.2) is 5.82 Å². The number of nitrogens with zero attached hydrogens (tertiary/aromatic N) is 3. The van der Waals surface area contributed by atoms with Crippen LogP contribution < -0.4 is 16.3 Å². The Morgan fingerprint density at radius 1 is 1.05 bits per heavy atom. The summed E-state index contributed by atoms with van der Waals surface area (Å²) in [7, 11) is 0. The molecular weight excluding hydrogens is 556 g/mol. The molecule has 2 aromatic carbocycles. The molecule has 1 atom stereocenters. The molecule has 0 bridgehead atoms. The quantitative estimate of drug-likeness (QED) is 0.370. The summed E-state index contributed by atoms with van der Waals surface area (Å²) in [6.45, 7) is -0.616. The predicted molar refractivity (Wildman–Crippen MR) is 129 cm³/mol. The molecule has 3 aromatic rings. The predicted octanol–water partition coefficient (Wildman–Crippen LogP) is 4.33. The first-order valence-electron chi connectivity index (χ1n) is 11.4. The Kier molecular flexibility index (Phi) is 9.10. The smallest absolute Gasteiger partial charge is 0.354 e. The van der Waals surface area contributed by atoms with Gasteiger partial charge in [-0.2, -0.15) is 26.3 Å². The van der Waals surface area contributed by atoms with Crippen LogP contribution >= 0.6 is 11.6 Å². The highest BCUT2D eigenvalue weighted by Gasteiger charge is 2.32. The number of nitrogens with one attached hydrogen (secondary N) is 2. The van der Waals surface area contributed by atoms with E-state index in [4.69, 9.17) is 11.6 Å². The third-order valence-corrected chi connectivity index (χ3v) is 5.70. The highest BCUT2D eigenvalue weighted by molar-refractivity contribution is 6.30. The van der Waals surface area contributed by atoms with Gasteiger partial charge in [-0.25, -0.2) is 9.48 Å². The van der Waals surface area contributed by atoms with Crippen LogP contribution in [0.3, 0.4) is 0 Å². The van der Waals surface area contributed by atoms with Crippen LogP contribution in [0.5, 0.6) is 0 Å². The first-order valence-corrected chi connectivity index (χ1v) is 11.7. The number of amides is 2. The van der Waals surface area contributed by atoms with Gasteiger partial charge in [0.25, 0.3) is 0 Å². The highest BCUT2D eigenvalue weighted by atomic mass is 35.5. The van der Waals surface area contributed by atoms with Crippen molar-refractivity contribution in [1.29, 1.82) is 0 Å². The van der Waals surface area contributed by atoms with Crippen LogP contribution in [0.25, 0.3) is 11.4 Å². The summed E-state index contributed by atoms with van der Waals surface area (Å²) >= 11 is 5.86. The number of hydrogen-bond acceptors (Lipinski definition) is 4. The molecule has 2 N–H and O–H groups in total. The lowest BCUT2D eigenvalue weighted by atomic mass is 10.0. The van der Waals surface area contributed by atoms with E-state index in [2.05, 4.69) is 15.7 Å². The molecule has 0 spiro atoms. The molecule has 8 nitrogen and oxygen atoms in total. The second kappa shape index (κ2) is 11.9. The molecule has 0 aliphatic carbocycles. The van der Waals surface area contributed by atoms with E-state index in [0.29, 0.717) is 9.70 Å². The lowest BCUT2D eigenvalue weighted by Crippen LogP contribution is -2.40. The van der Waals surface area contributed by atoms with Crippen molar-refractivity contribution in [2.75, 3.05) is 6.54 Å². The van der Waals surface area contributed by atoms with E-state index in [-0.39, 0.29) is 23.5 Å². The van der Waals surface area contributed by atoms with Gasteiger partial charge >= 0.3 is 18.0 Å². The Morgan fingerprint density at radius 3 is 2.31 bits per heavy atom. The first kappa shape index (κ1) is 29.7. The van der Waals surface area contributed by atoms with Crippen LogP contribution in [-0.4, -0.2) is 38.9 Å². The van der Waals surface area contributed by atoms with Crippen LogP contribution in [0.4, 0.5) is 26.3 Å². The van der Waals surface area contributed by atoms with Crippen molar-refractivity contribution in [3.05, 3.63) is 75.2 Å². The fourth-order valence-electron chi connectivity index (χ4n) is 3.60. The zero-order chi connectivity index (χ0) is 29.0. The highest BCUT2D eigenvalue weighted by Crippen LogP contribution is 2.31. The molecular formula is C24H22ClF6N5O3. The van der Waals surface area contributed by atoms with Gasteiger partial charge in [0, 0.05) is 30.6 Å². The van der Waals surface area contributed by atoms with Gasteiger partial charge < -0.3 is 10.6 Å². The average Bonchev–Trinajstić information content (AvgIpc) is 3.14. The number of alkyl halides is 6. The molecule has 15 heteroatoms. The average molecular weight is 578 g/mol. The summed E-state index contributed by atoms with van der Waals surface area (Å²) in [6.07, 6.45) is -10.6. The largest absolute Gasteiger partial charge is 0.416 e. The van der Waals surface area contributed by atoms with Crippen molar-refractivity contribution in [2.45, 2.75) is 44.8 Å². The van der Waals surface area contributed by atoms with Crippen LogP contribution in [0.15, 0.2) is 53.3 Å². The van der Waals surface area contributed by atoms with Crippen molar-refractivity contribution >= 4 is 23.4 Å². The number of carbonyl (C=O) groups excluding carboxylic acids is 2. The minimum Gasteiger partial charge on any atom is -0.354 e. The fraction of sp³-hybridized carbons (Fsp3) is 0.333. The van der Waals surface area contributed by atoms with Gasteiger partial charge in [-0.1, -0.05) is 23.7 Å². The monoisotopic (exact) mass is 577 g/mol. The lowest BCUT2D eigenvalue weighted by Gasteiger charge is -2.20. The third kappa shape index (κ3) is 8.34. The van der Waals surface area contributed by atoms with E-state index < -0.39 is 61.0 Å². The number of benzene rings is 2. The second-order valence-corrected chi connectivity index (χ2v) is 8.90. The number of halogens is 7. The SMILES string of the molecule is CC(=O)NCC(NC(=O)Cn1nc(-c2ccc(Cl)cc2)n(CCC(F)(F)F)c1=O)c1cccc(C(F)(F)F)c1. The number of rotatable bonds is 9. The molecule has 0 fully saturated rings. The van der Waals surface area contributed by atoms with Crippen molar-refractivity contribution in [3.8, 4) is 11.4 Å². The van der Waals surface area contributed by atoms with Gasteiger partial charge in [0.2, 0.25) is 11.8 Å². The normalized spacial score (nSPS) is 12.7. The number of carbonyl (C=O) groups is 2. The van der Waals surface area contributed by atoms with E-state index in [0.717, 1.165) is 22.8 Å². The molecule has 0 aliphatic rings. The van der Waals surface area contributed by atoms with E-state index in [1.807, 2.05) is 0 Å².